The Morgan fingerprint density at radius 1 is 1.37 bits per heavy atom. The molecule has 19 heavy (non-hydrogen) atoms. The summed E-state index contributed by atoms with van der Waals surface area (Å²) in [6, 6.07) is 9.57. The van der Waals surface area contributed by atoms with Gasteiger partial charge in [-0.2, -0.15) is 0 Å². The standard InChI is InChI=1S/C13H12BrN3O2/c1-9-2-4-10(5-3-9)7-15-13-12(14)6-11(8-16-13)17(18)19/h2-6,8H,7H2,1H3,(H,15,16). The van der Waals surface area contributed by atoms with E-state index in [1.165, 1.54) is 17.8 Å². The first kappa shape index (κ1) is 13.5. The highest BCUT2D eigenvalue weighted by Crippen LogP contribution is 2.24. The first-order valence-electron chi connectivity index (χ1n) is 5.65. The molecule has 2 rings (SSSR count). The van der Waals surface area contributed by atoms with Crippen LogP contribution in [0.2, 0.25) is 0 Å². The van der Waals surface area contributed by atoms with Crippen LogP contribution in [0.15, 0.2) is 41.0 Å². The molecule has 5 nitrogen and oxygen atoms in total. The zero-order valence-electron chi connectivity index (χ0n) is 10.3. The highest BCUT2D eigenvalue weighted by Gasteiger charge is 2.10. The predicted octanol–water partition coefficient (Wildman–Crippen LogP) is 3.67. The van der Waals surface area contributed by atoms with Gasteiger partial charge in [-0.3, -0.25) is 10.1 Å². The molecule has 0 amide bonds. The average Bonchev–Trinajstić information content (AvgIpc) is 2.39. The Balaban J connectivity index is 2.07. The normalized spacial score (nSPS) is 10.2. The van der Waals surface area contributed by atoms with Crippen molar-refractivity contribution < 1.29 is 4.92 Å². The molecule has 0 bridgehead atoms. The molecular weight excluding hydrogens is 310 g/mol. The Hall–Kier alpha value is -1.95. The van der Waals surface area contributed by atoms with Crippen LogP contribution in [0.25, 0.3) is 0 Å². The zero-order chi connectivity index (χ0) is 13.8. The van der Waals surface area contributed by atoms with Crippen molar-refractivity contribution in [2.75, 3.05) is 5.32 Å². The third kappa shape index (κ3) is 3.51. The van der Waals surface area contributed by atoms with Crippen molar-refractivity contribution in [3.05, 3.63) is 62.2 Å². The van der Waals surface area contributed by atoms with Crippen molar-refractivity contribution in [2.24, 2.45) is 0 Å². The molecule has 1 heterocycles. The predicted molar refractivity (Wildman–Crippen MR) is 77.1 cm³/mol. The Bertz CT molecular complexity index is 599. The number of aryl methyl sites for hydroxylation is 1. The van der Waals surface area contributed by atoms with E-state index < -0.39 is 4.92 Å². The number of anilines is 1. The van der Waals surface area contributed by atoms with Crippen molar-refractivity contribution in [3.63, 3.8) is 0 Å². The van der Waals surface area contributed by atoms with Gasteiger partial charge in [0.2, 0.25) is 0 Å². The SMILES string of the molecule is Cc1ccc(CNc2ncc([N+](=O)[O-])cc2Br)cc1. The number of nitrogens with zero attached hydrogens (tertiary/aromatic N) is 2. The van der Waals surface area contributed by atoms with Gasteiger partial charge in [0.1, 0.15) is 12.0 Å². The van der Waals surface area contributed by atoms with Crippen molar-refractivity contribution in [1.29, 1.82) is 0 Å². The van der Waals surface area contributed by atoms with E-state index in [9.17, 15) is 10.1 Å². The van der Waals surface area contributed by atoms with E-state index in [4.69, 9.17) is 0 Å². The number of hydrogen-bond donors (Lipinski definition) is 1. The number of halogens is 1. The van der Waals surface area contributed by atoms with Crippen molar-refractivity contribution >= 4 is 27.4 Å². The Morgan fingerprint density at radius 2 is 2.05 bits per heavy atom. The van der Waals surface area contributed by atoms with Gasteiger partial charge in [0.15, 0.2) is 0 Å². The molecule has 0 spiro atoms. The lowest BCUT2D eigenvalue weighted by atomic mass is 10.1. The van der Waals surface area contributed by atoms with Gasteiger partial charge in [0, 0.05) is 12.6 Å². The summed E-state index contributed by atoms with van der Waals surface area (Å²) in [6.07, 6.45) is 1.24. The smallest absolute Gasteiger partial charge is 0.288 e. The summed E-state index contributed by atoms with van der Waals surface area (Å²) in [6.45, 7) is 2.65. The molecular formula is C13H12BrN3O2. The quantitative estimate of drug-likeness (QED) is 0.689. The maximum atomic E-state index is 10.6. The Morgan fingerprint density at radius 3 is 2.63 bits per heavy atom. The lowest BCUT2D eigenvalue weighted by Crippen LogP contribution is -2.02. The third-order valence-electron chi connectivity index (χ3n) is 2.62. The molecule has 0 fully saturated rings. The summed E-state index contributed by atoms with van der Waals surface area (Å²) in [4.78, 5) is 14.2. The summed E-state index contributed by atoms with van der Waals surface area (Å²) in [7, 11) is 0. The summed E-state index contributed by atoms with van der Waals surface area (Å²) in [5, 5.41) is 13.7. The first-order chi connectivity index (χ1) is 9.06. The lowest BCUT2D eigenvalue weighted by molar-refractivity contribution is -0.385. The Kier molecular flexibility index (Phi) is 4.11. The van der Waals surface area contributed by atoms with Gasteiger partial charge < -0.3 is 5.32 Å². The van der Waals surface area contributed by atoms with E-state index in [0.717, 1.165) is 5.56 Å². The van der Waals surface area contributed by atoms with Gasteiger partial charge in [-0.25, -0.2) is 4.98 Å². The molecule has 0 saturated carbocycles. The molecule has 98 valence electrons. The van der Waals surface area contributed by atoms with E-state index in [1.54, 1.807) is 0 Å². The highest BCUT2D eigenvalue weighted by molar-refractivity contribution is 9.10. The van der Waals surface area contributed by atoms with E-state index in [2.05, 4.69) is 26.2 Å². The summed E-state index contributed by atoms with van der Waals surface area (Å²) < 4.78 is 0.578. The number of benzene rings is 1. The number of pyridine rings is 1. The minimum absolute atomic E-state index is 0.0345. The van der Waals surface area contributed by atoms with Crippen LogP contribution in [-0.4, -0.2) is 9.91 Å². The fraction of sp³-hybridized carbons (Fsp3) is 0.154. The van der Waals surface area contributed by atoms with Crippen LogP contribution >= 0.6 is 15.9 Å². The van der Waals surface area contributed by atoms with Crippen LogP contribution in [-0.2, 0) is 6.54 Å². The second kappa shape index (κ2) is 5.79. The largest absolute Gasteiger partial charge is 0.365 e. The van der Waals surface area contributed by atoms with Gasteiger partial charge >= 0.3 is 0 Å². The molecule has 1 aromatic heterocycles. The summed E-state index contributed by atoms with van der Waals surface area (Å²) in [5.41, 5.74) is 2.30. The highest BCUT2D eigenvalue weighted by atomic mass is 79.9. The van der Waals surface area contributed by atoms with Gasteiger partial charge in [0.25, 0.3) is 5.69 Å². The molecule has 0 atom stereocenters. The third-order valence-corrected chi connectivity index (χ3v) is 3.22. The van der Waals surface area contributed by atoms with E-state index in [0.29, 0.717) is 16.8 Å². The Labute approximate surface area is 119 Å². The fourth-order valence-corrected chi connectivity index (χ4v) is 2.03. The minimum Gasteiger partial charge on any atom is -0.365 e. The molecule has 0 radical (unpaired) electrons. The van der Waals surface area contributed by atoms with Crippen molar-refractivity contribution in [1.82, 2.24) is 4.98 Å². The van der Waals surface area contributed by atoms with Gasteiger partial charge in [-0.1, -0.05) is 29.8 Å². The van der Waals surface area contributed by atoms with Gasteiger partial charge in [-0.15, -0.1) is 0 Å². The molecule has 0 aliphatic rings. The van der Waals surface area contributed by atoms with Crippen LogP contribution < -0.4 is 5.32 Å². The zero-order valence-corrected chi connectivity index (χ0v) is 11.8. The van der Waals surface area contributed by atoms with Gasteiger partial charge in [-0.05, 0) is 28.4 Å². The van der Waals surface area contributed by atoms with Crippen LogP contribution in [0, 0.1) is 17.0 Å². The summed E-state index contributed by atoms with van der Waals surface area (Å²) in [5.74, 6) is 0.589. The molecule has 1 N–H and O–H groups in total. The van der Waals surface area contributed by atoms with Crippen LogP contribution in [0.1, 0.15) is 11.1 Å². The number of aromatic nitrogens is 1. The number of hydrogen-bond acceptors (Lipinski definition) is 4. The summed E-state index contributed by atoms with van der Waals surface area (Å²) >= 11 is 3.27. The van der Waals surface area contributed by atoms with E-state index >= 15 is 0 Å². The monoisotopic (exact) mass is 321 g/mol. The molecule has 0 unspecified atom stereocenters. The van der Waals surface area contributed by atoms with Crippen molar-refractivity contribution in [2.45, 2.75) is 13.5 Å². The molecule has 2 aromatic rings. The molecule has 1 aromatic carbocycles. The van der Waals surface area contributed by atoms with Crippen LogP contribution in [0.4, 0.5) is 11.5 Å². The maximum absolute atomic E-state index is 10.6. The van der Waals surface area contributed by atoms with E-state index in [1.807, 2.05) is 31.2 Å². The second-order valence-electron chi connectivity index (χ2n) is 4.12. The molecule has 0 aliphatic carbocycles. The van der Waals surface area contributed by atoms with Crippen LogP contribution in [0.5, 0.6) is 0 Å². The second-order valence-corrected chi connectivity index (χ2v) is 4.97. The fourth-order valence-electron chi connectivity index (χ4n) is 1.55. The van der Waals surface area contributed by atoms with E-state index in [-0.39, 0.29) is 5.69 Å². The number of nitro groups is 1. The van der Waals surface area contributed by atoms with Crippen LogP contribution in [0.3, 0.4) is 0 Å². The minimum atomic E-state index is -0.471. The number of nitrogens with one attached hydrogen (secondary N) is 1. The topological polar surface area (TPSA) is 68.1 Å². The maximum Gasteiger partial charge on any atom is 0.288 e. The number of rotatable bonds is 4. The first-order valence-corrected chi connectivity index (χ1v) is 6.45. The lowest BCUT2D eigenvalue weighted by Gasteiger charge is -2.07. The molecule has 0 saturated heterocycles. The average molecular weight is 322 g/mol. The van der Waals surface area contributed by atoms with Gasteiger partial charge in [0.05, 0.1) is 9.40 Å². The molecule has 6 heteroatoms. The van der Waals surface area contributed by atoms with Crippen molar-refractivity contribution in [3.8, 4) is 0 Å². The molecule has 0 aliphatic heterocycles.